The molecule has 0 radical (unpaired) electrons. The molecule has 1 aromatic rings. The first kappa shape index (κ1) is 12.6. The zero-order chi connectivity index (χ0) is 12.4. The van der Waals surface area contributed by atoms with Crippen molar-refractivity contribution in [1.82, 2.24) is 10.2 Å². The molecule has 1 N–H and O–H groups in total. The number of hydrogen-bond acceptors (Lipinski definition) is 2. The molecule has 1 fully saturated rings. The van der Waals surface area contributed by atoms with Crippen molar-refractivity contribution in [3.8, 4) is 0 Å². The van der Waals surface area contributed by atoms with Crippen LogP contribution in [0.25, 0.3) is 0 Å². The van der Waals surface area contributed by atoms with Crippen LogP contribution in [-0.2, 0) is 0 Å². The van der Waals surface area contributed by atoms with Gasteiger partial charge in [0.25, 0.3) is 5.91 Å². The first-order valence-electron chi connectivity index (χ1n) is 5.88. The summed E-state index contributed by atoms with van der Waals surface area (Å²) in [4.78, 5) is 14.3. The van der Waals surface area contributed by atoms with E-state index in [-0.39, 0.29) is 11.9 Å². The summed E-state index contributed by atoms with van der Waals surface area (Å²) in [5.74, 6) is 0.123. The Labute approximate surface area is 110 Å². The van der Waals surface area contributed by atoms with Gasteiger partial charge in [0.1, 0.15) is 0 Å². The summed E-state index contributed by atoms with van der Waals surface area (Å²) in [6.07, 6.45) is 0. The lowest BCUT2D eigenvalue weighted by Gasteiger charge is -2.37. The minimum absolute atomic E-state index is 0.123. The van der Waals surface area contributed by atoms with Gasteiger partial charge in [0.2, 0.25) is 0 Å². The van der Waals surface area contributed by atoms with E-state index in [4.69, 9.17) is 0 Å². The maximum absolute atomic E-state index is 12.3. The summed E-state index contributed by atoms with van der Waals surface area (Å²) in [5, 5.41) is 3.38. The monoisotopic (exact) mass is 296 g/mol. The van der Waals surface area contributed by atoms with Gasteiger partial charge in [-0.3, -0.25) is 4.79 Å². The van der Waals surface area contributed by atoms with Crippen LogP contribution >= 0.6 is 15.9 Å². The van der Waals surface area contributed by atoms with Crippen LogP contribution in [0.1, 0.15) is 24.2 Å². The predicted molar refractivity (Wildman–Crippen MR) is 72.1 cm³/mol. The second-order valence-electron chi connectivity index (χ2n) is 4.62. The number of benzene rings is 1. The van der Waals surface area contributed by atoms with Crippen molar-refractivity contribution in [2.24, 2.45) is 0 Å². The largest absolute Gasteiger partial charge is 0.333 e. The fraction of sp³-hybridized carbons (Fsp3) is 0.462. The molecule has 0 bridgehead atoms. The topological polar surface area (TPSA) is 32.3 Å². The van der Waals surface area contributed by atoms with Gasteiger partial charge in [-0.15, -0.1) is 0 Å². The summed E-state index contributed by atoms with van der Waals surface area (Å²) in [7, 11) is 0. The summed E-state index contributed by atoms with van der Waals surface area (Å²) in [6.45, 7) is 5.82. The van der Waals surface area contributed by atoms with Crippen molar-refractivity contribution in [1.29, 1.82) is 0 Å². The van der Waals surface area contributed by atoms with Crippen LogP contribution in [-0.4, -0.2) is 36.0 Å². The van der Waals surface area contributed by atoms with Crippen molar-refractivity contribution in [3.05, 3.63) is 34.3 Å². The highest BCUT2D eigenvalue weighted by Crippen LogP contribution is 2.15. The zero-order valence-electron chi connectivity index (χ0n) is 10.1. The Bertz CT molecular complexity index is 404. The van der Waals surface area contributed by atoms with Crippen molar-refractivity contribution in [3.63, 3.8) is 0 Å². The number of carbonyl (C=O) groups is 1. The maximum atomic E-state index is 12.3. The van der Waals surface area contributed by atoms with Crippen LogP contribution in [0.15, 0.2) is 28.7 Å². The van der Waals surface area contributed by atoms with Crippen molar-refractivity contribution < 1.29 is 4.79 Å². The quantitative estimate of drug-likeness (QED) is 0.862. The van der Waals surface area contributed by atoms with Gasteiger partial charge >= 0.3 is 0 Å². The van der Waals surface area contributed by atoms with E-state index in [0.29, 0.717) is 6.04 Å². The molecule has 3 nitrogen and oxygen atoms in total. The lowest BCUT2D eigenvalue weighted by molar-refractivity contribution is 0.0616. The molecule has 1 aromatic carbocycles. The summed E-state index contributed by atoms with van der Waals surface area (Å²) < 4.78 is 0.996. The lowest BCUT2D eigenvalue weighted by Crippen LogP contribution is -2.56. The van der Waals surface area contributed by atoms with Gasteiger partial charge in [-0.2, -0.15) is 0 Å². The Morgan fingerprint density at radius 3 is 2.65 bits per heavy atom. The van der Waals surface area contributed by atoms with Crippen LogP contribution in [0, 0.1) is 0 Å². The van der Waals surface area contributed by atoms with Crippen molar-refractivity contribution >= 4 is 21.8 Å². The number of amides is 1. The van der Waals surface area contributed by atoms with Crippen LogP contribution in [0.4, 0.5) is 0 Å². The minimum atomic E-state index is 0.123. The number of hydrogen-bond donors (Lipinski definition) is 1. The third-order valence-corrected chi connectivity index (χ3v) is 3.65. The molecule has 4 heteroatoms. The van der Waals surface area contributed by atoms with E-state index < -0.39 is 0 Å². The SMILES string of the molecule is CC1CN(C(=O)c2ccc(Br)cc2)C(C)CN1. The molecule has 17 heavy (non-hydrogen) atoms. The van der Waals surface area contributed by atoms with Crippen molar-refractivity contribution in [2.45, 2.75) is 25.9 Å². The Balaban J connectivity index is 2.15. The van der Waals surface area contributed by atoms with Gasteiger partial charge < -0.3 is 10.2 Å². The number of rotatable bonds is 1. The first-order chi connectivity index (χ1) is 8.08. The van der Waals surface area contributed by atoms with Crippen LogP contribution in [0.2, 0.25) is 0 Å². The zero-order valence-corrected chi connectivity index (χ0v) is 11.7. The Morgan fingerprint density at radius 2 is 2.00 bits per heavy atom. The average Bonchev–Trinajstić information content (AvgIpc) is 2.32. The van der Waals surface area contributed by atoms with Gasteiger partial charge in [0.15, 0.2) is 0 Å². The van der Waals surface area contributed by atoms with E-state index in [0.717, 1.165) is 23.1 Å². The molecular weight excluding hydrogens is 280 g/mol. The third-order valence-electron chi connectivity index (χ3n) is 3.12. The second kappa shape index (κ2) is 5.19. The molecule has 2 unspecified atom stereocenters. The number of nitrogens with one attached hydrogen (secondary N) is 1. The molecule has 1 heterocycles. The second-order valence-corrected chi connectivity index (χ2v) is 5.54. The van der Waals surface area contributed by atoms with Gasteiger partial charge in [0.05, 0.1) is 0 Å². The summed E-state index contributed by atoms with van der Waals surface area (Å²) in [6, 6.07) is 8.16. The highest BCUT2D eigenvalue weighted by atomic mass is 79.9. The molecule has 2 rings (SSSR count). The van der Waals surface area contributed by atoms with Gasteiger partial charge in [-0.25, -0.2) is 0 Å². The molecule has 1 aliphatic rings. The van der Waals surface area contributed by atoms with Gasteiger partial charge in [-0.1, -0.05) is 15.9 Å². The minimum Gasteiger partial charge on any atom is -0.333 e. The normalized spacial score (nSPS) is 24.8. The lowest BCUT2D eigenvalue weighted by atomic mass is 10.1. The molecule has 1 saturated heterocycles. The molecule has 92 valence electrons. The van der Waals surface area contributed by atoms with Crippen LogP contribution < -0.4 is 5.32 Å². The van der Waals surface area contributed by atoms with E-state index in [1.807, 2.05) is 29.2 Å². The molecule has 0 aliphatic carbocycles. The first-order valence-corrected chi connectivity index (χ1v) is 6.67. The highest BCUT2D eigenvalue weighted by molar-refractivity contribution is 9.10. The van der Waals surface area contributed by atoms with E-state index in [1.165, 1.54) is 0 Å². The summed E-state index contributed by atoms with van der Waals surface area (Å²) in [5.41, 5.74) is 0.758. The molecular formula is C13H17BrN2O. The Morgan fingerprint density at radius 1 is 1.35 bits per heavy atom. The maximum Gasteiger partial charge on any atom is 0.254 e. The summed E-state index contributed by atoms with van der Waals surface area (Å²) >= 11 is 3.38. The van der Waals surface area contributed by atoms with E-state index >= 15 is 0 Å². The standard InChI is InChI=1S/C13H17BrN2O/c1-9-8-16(10(2)7-15-9)13(17)11-3-5-12(14)6-4-11/h3-6,9-10,15H,7-8H2,1-2H3. The fourth-order valence-corrected chi connectivity index (χ4v) is 2.33. The molecule has 2 atom stereocenters. The predicted octanol–water partition coefficient (Wildman–Crippen LogP) is 2.27. The van der Waals surface area contributed by atoms with E-state index in [2.05, 4.69) is 35.1 Å². The molecule has 1 amide bonds. The number of halogens is 1. The Hall–Kier alpha value is -0.870. The molecule has 0 saturated carbocycles. The smallest absolute Gasteiger partial charge is 0.254 e. The van der Waals surface area contributed by atoms with E-state index in [9.17, 15) is 4.79 Å². The third kappa shape index (κ3) is 2.87. The Kier molecular flexibility index (Phi) is 3.84. The fourth-order valence-electron chi connectivity index (χ4n) is 2.06. The number of carbonyl (C=O) groups excluding carboxylic acids is 1. The molecule has 0 spiro atoms. The van der Waals surface area contributed by atoms with Gasteiger partial charge in [0, 0.05) is 35.2 Å². The van der Waals surface area contributed by atoms with Crippen molar-refractivity contribution in [2.75, 3.05) is 13.1 Å². The molecule has 0 aromatic heterocycles. The average molecular weight is 297 g/mol. The highest BCUT2D eigenvalue weighted by Gasteiger charge is 2.27. The van der Waals surface area contributed by atoms with Crippen LogP contribution in [0.3, 0.4) is 0 Å². The number of nitrogens with zero attached hydrogens (tertiary/aromatic N) is 1. The van der Waals surface area contributed by atoms with Gasteiger partial charge in [-0.05, 0) is 38.1 Å². The molecule has 1 aliphatic heterocycles. The van der Waals surface area contributed by atoms with Crippen LogP contribution in [0.5, 0.6) is 0 Å². The van der Waals surface area contributed by atoms with E-state index in [1.54, 1.807) is 0 Å². The number of piperazine rings is 1.